The van der Waals surface area contributed by atoms with E-state index in [4.69, 9.17) is 17.0 Å². The molecular weight excluding hydrogens is 192 g/mol. The molecule has 5 heteroatoms. The van der Waals surface area contributed by atoms with Crippen molar-refractivity contribution in [3.63, 3.8) is 0 Å². The second kappa shape index (κ2) is 4.47. The van der Waals surface area contributed by atoms with Crippen LogP contribution >= 0.6 is 0 Å². The first-order chi connectivity index (χ1) is 7.04. The van der Waals surface area contributed by atoms with E-state index in [1.807, 2.05) is 6.07 Å². The first-order valence-electron chi connectivity index (χ1n) is 4.35. The van der Waals surface area contributed by atoms with Crippen molar-refractivity contribution in [3.8, 4) is 0 Å². The minimum absolute atomic E-state index is 0.0498. The Morgan fingerprint density at radius 2 is 1.87 bits per heavy atom. The van der Waals surface area contributed by atoms with Crippen molar-refractivity contribution in [1.29, 1.82) is 5.41 Å². The highest BCUT2D eigenvalue weighted by atomic mass is 16.3. The maximum atomic E-state index is 9.74. The second-order valence-electron chi connectivity index (χ2n) is 3.09. The van der Waals surface area contributed by atoms with Crippen LogP contribution in [0.3, 0.4) is 0 Å². The third kappa shape index (κ3) is 2.47. The van der Waals surface area contributed by atoms with Crippen LogP contribution in [-0.2, 0) is 0 Å². The molecule has 0 unspecified atom stereocenters. The predicted octanol–water partition coefficient (Wildman–Crippen LogP) is 0.655. The van der Waals surface area contributed by atoms with Gasteiger partial charge in [-0.3, -0.25) is 10.4 Å². The van der Waals surface area contributed by atoms with E-state index in [9.17, 15) is 5.11 Å². The number of aliphatic hydroxyl groups excluding tert-OH is 1. The Morgan fingerprint density at radius 1 is 1.33 bits per heavy atom. The van der Waals surface area contributed by atoms with Crippen LogP contribution in [0.1, 0.15) is 5.56 Å². The van der Waals surface area contributed by atoms with Gasteiger partial charge < -0.3 is 10.8 Å². The number of hydrazine groups is 1. The fourth-order valence-corrected chi connectivity index (χ4v) is 1.05. The fourth-order valence-electron chi connectivity index (χ4n) is 1.05. The molecule has 0 spiro atoms. The van der Waals surface area contributed by atoms with Crippen molar-refractivity contribution in [2.24, 2.45) is 11.6 Å². The highest BCUT2D eigenvalue weighted by molar-refractivity contribution is 6.00. The van der Waals surface area contributed by atoms with Crippen LogP contribution in [0.25, 0.3) is 5.76 Å². The van der Waals surface area contributed by atoms with Gasteiger partial charge in [0.05, 0.1) is 0 Å². The van der Waals surface area contributed by atoms with Gasteiger partial charge in [0.2, 0.25) is 0 Å². The van der Waals surface area contributed by atoms with Gasteiger partial charge in [0.15, 0.2) is 5.84 Å². The summed E-state index contributed by atoms with van der Waals surface area (Å²) >= 11 is 0. The summed E-state index contributed by atoms with van der Waals surface area (Å²) < 4.78 is 0. The molecule has 0 radical (unpaired) electrons. The van der Waals surface area contributed by atoms with E-state index in [1.54, 1.807) is 24.3 Å². The van der Waals surface area contributed by atoms with E-state index in [-0.39, 0.29) is 17.3 Å². The van der Waals surface area contributed by atoms with Gasteiger partial charge in [-0.25, -0.2) is 5.84 Å². The lowest BCUT2D eigenvalue weighted by Gasteiger charge is -2.14. The molecule has 0 heterocycles. The van der Waals surface area contributed by atoms with E-state index in [1.165, 1.54) is 7.05 Å². The summed E-state index contributed by atoms with van der Waals surface area (Å²) in [5, 5.41) is 18.3. The smallest absolute Gasteiger partial charge is 0.162 e. The van der Waals surface area contributed by atoms with E-state index in [0.29, 0.717) is 5.56 Å². The molecule has 15 heavy (non-hydrogen) atoms. The molecule has 0 saturated carbocycles. The largest absolute Gasteiger partial charge is 0.505 e. The molecule has 0 saturated heterocycles. The number of aliphatic hydroxyl groups is 1. The Balaban J connectivity index is 3.06. The number of hydrogen-bond donors (Lipinski definition) is 4. The topological polar surface area (TPSA) is 99.4 Å². The first kappa shape index (κ1) is 11.1. The molecule has 1 aromatic rings. The molecule has 80 valence electrons. The van der Waals surface area contributed by atoms with Crippen LogP contribution < -0.4 is 11.6 Å². The van der Waals surface area contributed by atoms with Crippen molar-refractivity contribution in [2.45, 2.75) is 0 Å². The molecule has 0 atom stereocenters. The number of nitrogens with two attached hydrogens (primary N) is 2. The van der Waals surface area contributed by atoms with Crippen molar-refractivity contribution in [2.75, 3.05) is 7.05 Å². The second-order valence-corrected chi connectivity index (χ2v) is 3.09. The number of nitrogens with one attached hydrogen (secondary N) is 1. The molecule has 5 nitrogen and oxygen atoms in total. The summed E-state index contributed by atoms with van der Waals surface area (Å²) in [6, 6.07) is 8.77. The summed E-state index contributed by atoms with van der Waals surface area (Å²) in [6.07, 6.45) is 0. The molecular formula is C10H14N4O. The monoisotopic (exact) mass is 206 g/mol. The summed E-state index contributed by atoms with van der Waals surface area (Å²) in [6.45, 7) is 0. The van der Waals surface area contributed by atoms with Gasteiger partial charge in [0.1, 0.15) is 11.5 Å². The molecule has 0 fully saturated rings. The molecule has 0 amide bonds. The molecule has 0 aliphatic rings. The zero-order chi connectivity index (χ0) is 11.4. The minimum atomic E-state index is -0.141. The van der Waals surface area contributed by atoms with Gasteiger partial charge in [-0.05, 0) is 0 Å². The van der Waals surface area contributed by atoms with Crippen LogP contribution in [0.15, 0.2) is 36.0 Å². The number of rotatable bonds is 2. The van der Waals surface area contributed by atoms with Crippen LogP contribution in [0, 0.1) is 5.41 Å². The number of nitrogens with zero attached hydrogens (tertiary/aromatic N) is 1. The average Bonchev–Trinajstić information content (AvgIpc) is 2.27. The molecule has 1 aromatic carbocycles. The van der Waals surface area contributed by atoms with Gasteiger partial charge in [-0.1, -0.05) is 30.3 Å². The highest BCUT2D eigenvalue weighted by Gasteiger charge is 2.11. The van der Waals surface area contributed by atoms with Crippen molar-refractivity contribution < 1.29 is 5.11 Å². The normalized spacial score (nSPS) is 11.9. The van der Waals surface area contributed by atoms with Gasteiger partial charge in [0, 0.05) is 12.6 Å². The van der Waals surface area contributed by atoms with Crippen LogP contribution in [0.5, 0.6) is 0 Å². The standard InChI is InChI=1S/C10H14N4O/c1-14(13)10(12)8(11)9(15)7-5-3-2-4-6-7/h2-6,12,15H,11,13H2,1H3/b9-8+,12-10?. The average molecular weight is 206 g/mol. The summed E-state index contributed by atoms with van der Waals surface area (Å²) in [4.78, 5) is 0. The molecule has 0 bridgehead atoms. The molecule has 1 rings (SSSR count). The zero-order valence-corrected chi connectivity index (χ0v) is 8.44. The van der Waals surface area contributed by atoms with E-state index >= 15 is 0 Å². The van der Waals surface area contributed by atoms with E-state index in [2.05, 4.69) is 0 Å². The predicted molar refractivity (Wildman–Crippen MR) is 59.9 cm³/mol. The lowest BCUT2D eigenvalue weighted by molar-refractivity contribution is 0.499. The molecule has 6 N–H and O–H groups in total. The third-order valence-electron chi connectivity index (χ3n) is 1.91. The first-order valence-corrected chi connectivity index (χ1v) is 4.35. The number of amidine groups is 1. The minimum Gasteiger partial charge on any atom is -0.505 e. The zero-order valence-electron chi connectivity index (χ0n) is 8.44. The SMILES string of the molecule is CN(N)C(=N)/C(N)=C(\O)c1ccccc1. The Morgan fingerprint density at radius 3 is 2.33 bits per heavy atom. The van der Waals surface area contributed by atoms with Crippen LogP contribution in [0.4, 0.5) is 0 Å². The van der Waals surface area contributed by atoms with E-state index < -0.39 is 0 Å². The Bertz CT molecular complexity index is 384. The maximum absolute atomic E-state index is 9.74. The van der Waals surface area contributed by atoms with Crippen LogP contribution in [-0.4, -0.2) is 23.0 Å². The maximum Gasteiger partial charge on any atom is 0.162 e. The lowest BCUT2D eigenvalue weighted by Crippen LogP contribution is -2.36. The molecule has 0 aliphatic carbocycles. The van der Waals surface area contributed by atoms with Crippen molar-refractivity contribution >= 4 is 11.6 Å². The van der Waals surface area contributed by atoms with Gasteiger partial charge in [-0.2, -0.15) is 0 Å². The highest BCUT2D eigenvalue weighted by Crippen LogP contribution is 2.13. The summed E-state index contributed by atoms with van der Waals surface area (Å²) in [5.41, 5.74) is 6.08. The van der Waals surface area contributed by atoms with E-state index in [0.717, 1.165) is 5.01 Å². The Kier molecular flexibility index (Phi) is 3.30. The Labute approximate surface area is 88.1 Å². The molecule has 0 aliphatic heterocycles. The number of hydrogen-bond acceptors (Lipinski definition) is 4. The summed E-state index contributed by atoms with van der Waals surface area (Å²) in [5.74, 6) is 5.07. The van der Waals surface area contributed by atoms with Gasteiger partial charge >= 0.3 is 0 Å². The van der Waals surface area contributed by atoms with Crippen LogP contribution in [0.2, 0.25) is 0 Å². The molecule has 0 aromatic heterocycles. The number of likely N-dealkylation sites (N-methyl/N-ethyl adjacent to an activating group) is 1. The number of benzene rings is 1. The van der Waals surface area contributed by atoms with Gasteiger partial charge in [-0.15, -0.1) is 0 Å². The fraction of sp³-hybridized carbons (Fsp3) is 0.100. The lowest BCUT2D eigenvalue weighted by atomic mass is 10.1. The van der Waals surface area contributed by atoms with Crippen molar-refractivity contribution in [3.05, 3.63) is 41.6 Å². The third-order valence-corrected chi connectivity index (χ3v) is 1.91. The Hall–Kier alpha value is -2.01. The van der Waals surface area contributed by atoms with Crippen molar-refractivity contribution in [1.82, 2.24) is 5.01 Å². The quantitative estimate of drug-likeness (QED) is 0.188. The summed E-state index contributed by atoms with van der Waals surface area (Å²) in [7, 11) is 1.48. The van der Waals surface area contributed by atoms with Gasteiger partial charge in [0.25, 0.3) is 0 Å².